The minimum atomic E-state index is -0.451. The maximum atomic E-state index is 13.8. The Morgan fingerprint density at radius 1 is 1.00 bits per heavy atom. The molecule has 0 fully saturated rings. The summed E-state index contributed by atoms with van der Waals surface area (Å²) >= 11 is 5.87. The normalized spacial score (nSPS) is 11.5. The van der Waals surface area contributed by atoms with Crippen LogP contribution in [-0.4, -0.2) is 24.2 Å². The predicted octanol–water partition coefficient (Wildman–Crippen LogP) is 4.68. The lowest BCUT2D eigenvalue weighted by atomic mass is 10.1. The molecule has 0 aliphatic rings. The number of aromatic amines is 1. The summed E-state index contributed by atoms with van der Waals surface area (Å²) in [4.78, 5) is 7.75. The van der Waals surface area contributed by atoms with Gasteiger partial charge in [0, 0.05) is 33.9 Å². The molecule has 2 aromatic carbocycles. The molecule has 1 N–H and O–H groups in total. The van der Waals surface area contributed by atoms with Crippen molar-refractivity contribution in [2.45, 2.75) is 0 Å². The summed E-state index contributed by atoms with van der Waals surface area (Å²) in [6, 6.07) is 6.67. The predicted molar refractivity (Wildman–Crippen MR) is 89.2 cm³/mol. The van der Waals surface area contributed by atoms with Crippen molar-refractivity contribution in [3.05, 3.63) is 41.3 Å². The van der Waals surface area contributed by atoms with Gasteiger partial charge in [0.2, 0.25) is 0 Å². The highest BCUT2D eigenvalue weighted by molar-refractivity contribution is 6.32. The second-order valence-electron chi connectivity index (χ2n) is 5.21. The summed E-state index contributed by atoms with van der Waals surface area (Å²) in [5.74, 6) is 0.765. The topological polar surface area (TPSA) is 47.1 Å². The largest absolute Gasteiger partial charge is 0.493 e. The Morgan fingerprint density at radius 3 is 2.48 bits per heavy atom. The first-order chi connectivity index (χ1) is 11.1. The third kappa shape index (κ3) is 2.00. The number of rotatable bonds is 2. The van der Waals surface area contributed by atoms with E-state index in [0.29, 0.717) is 11.5 Å². The minimum Gasteiger partial charge on any atom is -0.493 e. The molecule has 0 atom stereocenters. The number of halogens is 2. The fourth-order valence-corrected chi connectivity index (χ4v) is 3.03. The van der Waals surface area contributed by atoms with Gasteiger partial charge in [-0.3, -0.25) is 4.98 Å². The molecule has 23 heavy (non-hydrogen) atoms. The zero-order valence-electron chi connectivity index (χ0n) is 12.4. The number of methoxy groups -OCH3 is 2. The van der Waals surface area contributed by atoms with Gasteiger partial charge in [0.1, 0.15) is 5.82 Å². The number of pyridine rings is 1. The van der Waals surface area contributed by atoms with Crippen molar-refractivity contribution in [3.8, 4) is 11.5 Å². The SMILES string of the molecule is COc1cc2ncc3c4cc(F)c(Cl)cc4[nH]c3c2cc1OC. The van der Waals surface area contributed by atoms with E-state index in [-0.39, 0.29) is 5.02 Å². The fraction of sp³-hybridized carbons (Fsp3) is 0.118. The molecule has 4 nitrogen and oxygen atoms in total. The van der Waals surface area contributed by atoms with Gasteiger partial charge in [0.05, 0.1) is 30.3 Å². The molecule has 0 bridgehead atoms. The molecular weight excluding hydrogens is 319 g/mol. The number of H-pyrrole nitrogens is 1. The molecule has 0 aliphatic heterocycles. The zero-order chi connectivity index (χ0) is 16.1. The molecule has 0 aliphatic carbocycles. The second-order valence-corrected chi connectivity index (χ2v) is 5.62. The smallest absolute Gasteiger partial charge is 0.162 e. The number of benzene rings is 2. The monoisotopic (exact) mass is 330 g/mol. The number of hydrogen-bond acceptors (Lipinski definition) is 3. The Bertz CT molecular complexity index is 1070. The van der Waals surface area contributed by atoms with Gasteiger partial charge in [0.15, 0.2) is 11.5 Å². The van der Waals surface area contributed by atoms with Crippen LogP contribution in [0.5, 0.6) is 11.5 Å². The van der Waals surface area contributed by atoms with Crippen LogP contribution in [0, 0.1) is 5.82 Å². The van der Waals surface area contributed by atoms with Gasteiger partial charge < -0.3 is 14.5 Å². The molecule has 4 aromatic rings. The molecule has 0 saturated heterocycles. The molecule has 116 valence electrons. The van der Waals surface area contributed by atoms with Crippen molar-refractivity contribution in [2.75, 3.05) is 14.2 Å². The van der Waals surface area contributed by atoms with Gasteiger partial charge in [-0.05, 0) is 18.2 Å². The molecule has 0 radical (unpaired) electrons. The fourth-order valence-electron chi connectivity index (χ4n) is 2.87. The quantitative estimate of drug-likeness (QED) is 0.580. The van der Waals surface area contributed by atoms with E-state index in [1.807, 2.05) is 12.1 Å². The van der Waals surface area contributed by atoms with Crippen LogP contribution >= 0.6 is 11.6 Å². The van der Waals surface area contributed by atoms with Crippen molar-refractivity contribution in [2.24, 2.45) is 0 Å². The Morgan fingerprint density at radius 2 is 1.74 bits per heavy atom. The molecule has 2 heterocycles. The van der Waals surface area contributed by atoms with E-state index in [2.05, 4.69) is 9.97 Å². The maximum absolute atomic E-state index is 13.8. The summed E-state index contributed by atoms with van der Waals surface area (Å²) in [6.07, 6.45) is 1.72. The summed E-state index contributed by atoms with van der Waals surface area (Å²) in [5, 5.41) is 2.52. The van der Waals surface area contributed by atoms with Crippen LogP contribution in [0.25, 0.3) is 32.7 Å². The summed E-state index contributed by atoms with van der Waals surface area (Å²) in [6.45, 7) is 0. The van der Waals surface area contributed by atoms with Gasteiger partial charge in [0.25, 0.3) is 0 Å². The molecule has 0 saturated carbocycles. The van der Waals surface area contributed by atoms with E-state index in [4.69, 9.17) is 21.1 Å². The van der Waals surface area contributed by atoms with Crippen LogP contribution in [0.2, 0.25) is 5.02 Å². The van der Waals surface area contributed by atoms with Gasteiger partial charge >= 0.3 is 0 Å². The van der Waals surface area contributed by atoms with E-state index in [0.717, 1.165) is 32.7 Å². The van der Waals surface area contributed by atoms with Crippen LogP contribution in [-0.2, 0) is 0 Å². The first-order valence-corrected chi connectivity index (χ1v) is 7.31. The number of nitrogens with one attached hydrogen (secondary N) is 1. The van der Waals surface area contributed by atoms with Gasteiger partial charge in [-0.25, -0.2) is 4.39 Å². The highest BCUT2D eigenvalue weighted by atomic mass is 35.5. The summed E-state index contributed by atoms with van der Waals surface area (Å²) in [5.41, 5.74) is 2.37. The molecule has 6 heteroatoms. The van der Waals surface area contributed by atoms with E-state index < -0.39 is 5.82 Å². The van der Waals surface area contributed by atoms with Gasteiger partial charge in [-0.2, -0.15) is 0 Å². The lowest BCUT2D eigenvalue weighted by Crippen LogP contribution is -1.91. The second kappa shape index (κ2) is 4.99. The Kier molecular flexibility index (Phi) is 3.06. The Labute approximate surface area is 135 Å². The number of fused-ring (bicyclic) bond motifs is 5. The molecule has 4 rings (SSSR count). The number of hydrogen-bond donors (Lipinski definition) is 1. The molecule has 0 unspecified atom stereocenters. The Balaban J connectivity index is 2.15. The van der Waals surface area contributed by atoms with Crippen molar-refractivity contribution >= 4 is 44.3 Å². The highest BCUT2D eigenvalue weighted by Crippen LogP contribution is 2.37. The van der Waals surface area contributed by atoms with Crippen molar-refractivity contribution in [3.63, 3.8) is 0 Å². The van der Waals surface area contributed by atoms with Crippen molar-refractivity contribution in [1.82, 2.24) is 9.97 Å². The van der Waals surface area contributed by atoms with Crippen molar-refractivity contribution in [1.29, 1.82) is 0 Å². The number of ether oxygens (including phenoxy) is 2. The van der Waals surface area contributed by atoms with Gasteiger partial charge in [-0.1, -0.05) is 11.6 Å². The third-order valence-electron chi connectivity index (χ3n) is 3.98. The third-order valence-corrected chi connectivity index (χ3v) is 4.27. The lowest BCUT2D eigenvalue weighted by Gasteiger charge is -2.09. The molecule has 0 amide bonds. The van der Waals surface area contributed by atoms with Crippen LogP contribution < -0.4 is 9.47 Å². The van der Waals surface area contributed by atoms with Crippen LogP contribution in [0.3, 0.4) is 0 Å². The average Bonchev–Trinajstić information content (AvgIpc) is 2.91. The minimum absolute atomic E-state index is 0.0839. The first kappa shape index (κ1) is 14.1. The summed E-state index contributed by atoms with van der Waals surface area (Å²) < 4.78 is 24.4. The van der Waals surface area contributed by atoms with E-state index in [1.54, 1.807) is 26.5 Å². The molecule has 2 aromatic heterocycles. The van der Waals surface area contributed by atoms with Crippen LogP contribution in [0.15, 0.2) is 30.5 Å². The molecular formula is C17H12ClFN2O2. The van der Waals surface area contributed by atoms with Crippen LogP contribution in [0.4, 0.5) is 4.39 Å². The summed E-state index contributed by atoms with van der Waals surface area (Å²) in [7, 11) is 3.16. The average molecular weight is 331 g/mol. The standard InChI is InChI=1S/C17H12ClFN2O2/c1-22-15-4-9-13(6-16(15)23-2)20-7-10-8-3-12(19)11(18)5-14(8)21-17(9)10/h3-7,21H,1-2H3. The van der Waals surface area contributed by atoms with E-state index in [9.17, 15) is 4.39 Å². The first-order valence-electron chi connectivity index (χ1n) is 6.93. The number of nitrogens with zero attached hydrogens (tertiary/aromatic N) is 1. The van der Waals surface area contributed by atoms with E-state index >= 15 is 0 Å². The lowest BCUT2D eigenvalue weighted by molar-refractivity contribution is 0.356. The highest BCUT2D eigenvalue weighted by Gasteiger charge is 2.14. The van der Waals surface area contributed by atoms with Gasteiger partial charge in [-0.15, -0.1) is 0 Å². The van der Waals surface area contributed by atoms with Crippen LogP contribution in [0.1, 0.15) is 0 Å². The molecule has 0 spiro atoms. The van der Waals surface area contributed by atoms with Crippen molar-refractivity contribution < 1.29 is 13.9 Å². The zero-order valence-corrected chi connectivity index (χ0v) is 13.2. The maximum Gasteiger partial charge on any atom is 0.162 e. The van der Waals surface area contributed by atoms with E-state index in [1.165, 1.54) is 6.07 Å². The number of aromatic nitrogens is 2. The Hall–Kier alpha value is -2.53.